The molecule has 0 radical (unpaired) electrons. The second-order valence-electron chi connectivity index (χ2n) is 6.08. The Labute approximate surface area is 148 Å². The van der Waals surface area contributed by atoms with Crippen LogP contribution in [-0.4, -0.2) is 36.9 Å². The molecule has 0 aliphatic carbocycles. The van der Waals surface area contributed by atoms with Gasteiger partial charge in [0.05, 0.1) is 12.5 Å². The number of ether oxygens (including phenoxy) is 2. The first-order valence-electron chi connectivity index (χ1n) is 8.37. The van der Waals surface area contributed by atoms with Crippen molar-refractivity contribution in [1.82, 2.24) is 0 Å². The number of rotatable bonds is 8. The summed E-state index contributed by atoms with van der Waals surface area (Å²) in [6, 6.07) is 7.49. The molecule has 0 saturated carbocycles. The predicted molar refractivity (Wildman–Crippen MR) is 93.9 cm³/mol. The number of hydrogen-bond donors (Lipinski definition) is 1. The number of methoxy groups -OCH3 is 1. The van der Waals surface area contributed by atoms with Crippen LogP contribution >= 0.6 is 0 Å². The third-order valence-electron chi connectivity index (χ3n) is 4.17. The van der Waals surface area contributed by atoms with Crippen LogP contribution in [0.5, 0.6) is 0 Å². The Morgan fingerprint density at radius 3 is 2.60 bits per heavy atom. The third kappa shape index (κ3) is 4.67. The van der Waals surface area contributed by atoms with Gasteiger partial charge in [0.1, 0.15) is 0 Å². The number of carbonyl (C=O) groups excluding carboxylic acids is 2. The van der Waals surface area contributed by atoms with Gasteiger partial charge in [-0.25, -0.2) is 0 Å². The molecule has 3 atom stereocenters. The zero-order valence-corrected chi connectivity index (χ0v) is 14.8. The maximum atomic E-state index is 11.8. The Morgan fingerprint density at radius 2 is 2.08 bits per heavy atom. The second-order valence-corrected chi connectivity index (χ2v) is 6.08. The average Bonchev–Trinajstić information content (AvgIpc) is 2.56. The number of anilines is 1. The summed E-state index contributed by atoms with van der Waals surface area (Å²) in [5.74, 6) is -0.327. The normalized spacial score (nSPS) is 19.6. The van der Waals surface area contributed by atoms with E-state index in [1.54, 1.807) is 7.11 Å². The molecular weight excluding hydrogens is 322 g/mol. The topological polar surface area (TPSA) is 76.1 Å². The van der Waals surface area contributed by atoms with Crippen LogP contribution < -0.4 is 4.90 Å². The van der Waals surface area contributed by atoms with Crippen LogP contribution in [0.15, 0.2) is 36.4 Å². The maximum Gasteiger partial charge on any atom is 0.304 e. The molecule has 25 heavy (non-hydrogen) atoms. The molecule has 1 saturated heterocycles. The summed E-state index contributed by atoms with van der Waals surface area (Å²) < 4.78 is 10.7. The van der Waals surface area contributed by atoms with E-state index in [0.717, 1.165) is 5.56 Å². The fourth-order valence-electron chi connectivity index (χ4n) is 2.95. The van der Waals surface area contributed by atoms with Crippen molar-refractivity contribution in [3.05, 3.63) is 42.0 Å². The van der Waals surface area contributed by atoms with Crippen LogP contribution in [0.25, 0.3) is 0 Å². The molecule has 1 aromatic rings. The number of nitrogens with zero attached hydrogens (tertiary/aromatic N) is 1. The molecule has 0 spiro atoms. The van der Waals surface area contributed by atoms with Gasteiger partial charge in [-0.1, -0.05) is 31.2 Å². The number of aliphatic hydroxyl groups is 1. The largest absolute Gasteiger partial charge is 0.441 e. The van der Waals surface area contributed by atoms with Gasteiger partial charge in [-0.05, 0) is 24.1 Å². The van der Waals surface area contributed by atoms with Crippen LogP contribution in [0.4, 0.5) is 5.69 Å². The number of amides is 1. The Hall–Kier alpha value is -2.18. The number of carbonyl (C=O) groups is 2. The van der Waals surface area contributed by atoms with E-state index in [-0.39, 0.29) is 31.0 Å². The number of esters is 1. The Morgan fingerprint density at radius 1 is 1.40 bits per heavy atom. The van der Waals surface area contributed by atoms with E-state index in [9.17, 15) is 9.59 Å². The highest BCUT2D eigenvalue weighted by Gasteiger charge is 2.39. The van der Waals surface area contributed by atoms with Crippen molar-refractivity contribution in [3.8, 4) is 0 Å². The van der Waals surface area contributed by atoms with Crippen molar-refractivity contribution in [3.63, 3.8) is 0 Å². The van der Waals surface area contributed by atoms with Crippen molar-refractivity contribution < 1.29 is 24.2 Å². The lowest BCUT2D eigenvalue weighted by molar-refractivity contribution is -0.153. The molecule has 0 aromatic heterocycles. The Balaban J connectivity index is 2.09. The van der Waals surface area contributed by atoms with Gasteiger partial charge < -0.3 is 14.6 Å². The first-order valence-corrected chi connectivity index (χ1v) is 8.37. The summed E-state index contributed by atoms with van der Waals surface area (Å²) in [5.41, 5.74) is 1.69. The fraction of sp³-hybridized carbons (Fsp3) is 0.474. The van der Waals surface area contributed by atoms with E-state index >= 15 is 0 Å². The Kier molecular flexibility index (Phi) is 6.73. The minimum absolute atomic E-state index is 0.0670. The lowest BCUT2D eigenvalue weighted by Crippen LogP contribution is -2.54. The SMILES string of the molecule is CO[C@@H](c1ccc(N2C(=O)CC2OC(C)=O)cc1)[C@@H](C)/C=C/CCO. The lowest BCUT2D eigenvalue weighted by atomic mass is 9.96. The van der Waals surface area contributed by atoms with E-state index in [0.29, 0.717) is 12.1 Å². The fourth-order valence-corrected chi connectivity index (χ4v) is 2.95. The van der Waals surface area contributed by atoms with Gasteiger partial charge in [-0.3, -0.25) is 14.5 Å². The van der Waals surface area contributed by atoms with E-state index in [4.69, 9.17) is 14.6 Å². The van der Waals surface area contributed by atoms with Gasteiger partial charge in [0.25, 0.3) is 0 Å². The second kappa shape index (κ2) is 8.78. The average molecular weight is 347 g/mol. The van der Waals surface area contributed by atoms with Gasteiger partial charge >= 0.3 is 5.97 Å². The number of β-lactam (4-membered cyclic amide) rings is 1. The van der Waals surface area contributed by atoms with Crippen molar-refractivity contribution in [2.24, 2.45) is 5.92 Å². The molecule has 1 amide bonds. The van der Waals surface area contributed by atoms with Crippen LogP contribution in [0, 0.1) is 5.92 Å². The first-order chi connectivity index (χ1) is 12.0. The minimum atomic E-state index is -0.519. The molecule has 1 heterocycles. The molecule has 0 bridgehead atoms. The number of hydrogen-bond acceptors (Lipinski definition) is 5. The first kappa shape index (κ1) is 19.1. The zero-order valence-electron chi connectivity index (χ0n) is 14.8. The zero-order chi connectivity index (χ0) is 18.4. The van der Waals surface area contributed by atoms with Gasteiger partial charge in [0.15, 0.2) is 6.23 Å². The standard InChI is InChI=1S/C19H25NO5/c1-13(6-4-5-11-21)19(24-3)15-7-9-16(10-8-15)20-17(23)12-18(20)25-14(2)22/h4,6-10,13,18-19,21H,5,11-12H2,1-3H3/b6-4+/t13-,18?,19+/m0/s1. The predicted octanol–water partition coefficient (Wildman–Crippen LogP) is 2.57. The highest BCUT2D eigenvalue weighted by molar-refractivity contribution is 6.00. The number of benzene rings is 1. The molecule has 1 unspecified atom stereocenters. The van der Waals surface area contributed by atoms with Gasteiger partial charge in [-0.2, -0.15) is 0 Å². The van der Waals surface area contributed by atoms with Crippen molar-refractivity contribution >= 4 is 17.6 Å². The highest BCUT2D eigenvalue weighted by atomic mass is 16.6. The van der Waals surface area contributed by atoms with Gasteiger partial charge in [-0.15, -0.1) is 0 Å². The van der Waals surface area contributed by atoms with E-state index in [2.05, 4.69) is 0 Å². The summed E-state index contributed by atoms with van der Waals surface area (Å²) in [6.07, 6.45) is 4.15. The van der Waals surface area contributed by atoms with E-state index < -0.39 is 12.2 Å². The summed E-state index contributed by atoms with van der Waals surface area (Å²) in [7, 11) is 1.66. The summed E-state index contributed by atoms with van der Waals surface area (Å²) in [4.78, 5) is 24.4. The van der Waals surface area contributed by atoms with Crippen LogP contribution in [0.3, 0.4) is 0 Å². The lowest BCUT2D eigenvalue weighted by Gasteiger charge is -2.39. The van der Waals surface area contributed by atoms with Crippen molar-refractivity contribution in [2.45, 2.75) is 39.0 Å². The molecule has 6 nitrogen and oxygen atoms in total. The smallest absolute Gasteiger partial charge is 0.304 e. The van der Waals surface area contributed by atoms with Crippen LogP contribution in [-0.2, 0) is 19.1 Å². The molecule has 1 N–H and O–H groups in total. The highest BCUT2D eigenvalue weighted by Crippen LogP contribution is 2.32. The van der Waals surface area contributed by atoms with Gasteiger partial charge in [0.2, 0.25) is 5.91 Å². The quantitative estimate of drug-likeness (QED) is 0.444. The van der Waals surface area contributed by atoms with Crippen molar-refractivity contribution in [2.75, 3.05) is 18.6 Å². The summed E-state index contributed by atoms with van der Waals surface area (Å²) >= 11 is 0. The molecule has 136 valence electrons. The van der Waals surface area contributed by atoms with E-state index in [1.807, 2.05) is 43.3 Å². The van der Waals surface area contributed by atoms with Crippen LogP contribution in [0.2, 0.25) is 0 Å². The molecule has 1 fully saturated rings. The van der Waals surface area contributed by atoms with Gasteiger partial charge in [0, 0.05) is 32.2 Å². The van der Waals surface area contributed by atoms with Crippen molar-refractivity contribution in [1.29, 1.82) is 0 Å². The molecule has 1 aromatic carbocycles. The molecular formula is C19H25NO5. The minimum Gasteiger partial charge on any atom is -0.441 e. The Bertz CT molecular complexity index is 625. The maximum absolute atomic E-state index is 11.8. The molecule has 1 aliphatic rings. The van der Waals surface area contributed by atoms with E-state index in [1.165, 1.54) is 11.8 Å². The van der Waals surface area contributed by atoms with Crippen LogP contribution in [0.1, 0.15) is 38.4 Å². The summed E-state index contributed by atoms with van der Waals surface area (Å²) in [5, 5.41) is 8.85. The summed E-state index contributed by atoms with van der Waals surface area (Å²) in [6.45, 7) is 3.51. The number of aliphatic hydroxyl groups excluding tert-OH is 1. The molecule has 1 aliphatic heterocycles. The third-order valence-corrected chi connectivity index (χ3v) is 4.17. The molecule has 2 rings (SSSR count). The monoisotopic (exact) mass is 347 g/mol. The molecule has 6 heteroatoms.